The van der Waals surface area contributed by atoms with E-state index in [4.69, 9.17) is 10.6 Å². The number of thiazole rings is 1. The quantitative estimate of drug-likeness (QED) is 0.293. The zero-order chi connectivity index (χ0) is 18.8. The molecule has 0 spiro atoms. The van der Waals surface area contributed by atoms with Gasteiger partial charge in [0, 0.05) is 0 Å². The molecule has 1 aromatic rings. The lowest BCUT2D eigenvalue weighted by Gasteiger charge is -2.25. The number of nitroso groups, excluding NO2 is 1. The number of carbonyl (C=O) groups is 1. The minimum atomic E-state index is -0.859. The molecule has 12 heteroatoms. The summed E-state index contributed by atoms with van der Waals surface area (Å²) in [4.78, 5) is 35.7. The monoisotopic (exact) mass is 383 g/mol. The summed E-state index contributed by atoms with van der Waals surface area (Å²) >= 11 is 0.822. The van der Waals surface area contributed by atoms with E-state index in [2.05, 4.69) is 26.1 Å². The molecule has 1 aromatic heterocycles. The number of fused-ring (bicyclic) bond motifs is 1. The van der Waals surface area contributed by atoms with Crippen LogP contribution in [0.5, 0.6) is 0 Å². The first-order valence-electron chi connectivity index (χ1n) is 8.35. The minimum absolute atomic E-state index is 0.248. The van der Waals surface area contributed by atoms with Crippen LogP contribution in [-0.4, -0.2) is 28.9 Å². The minimum Gasteiger partial charge on any atom is -0.352 e. The third-order valence-corrected chi connectivity index (χ3v) is 5.32. The average Bonchev–Trinajstić information content (AvgIpc) is 3.17. The van der Waals surface area contributed by atoms with Crippen molar-refractivity contribution in [2.45, 2.75) is 57.8 Å². The predicted molar refractivity (Wildman–Crippen MR) is 94.7 cm³/mol. The second-order valence-corrected chi connectivity index (χ2v) is 7.64. The molecule has 2 aliphatic rings. The zero-order valence-corrected chi connectivity index (χ0v) is 15.2. The molecule has 2 aliphatic heterocycles. The summed E-state index contributed by atoms with van der Waals surface area (Å²) in [5.74, 6) is 5.24. The van der Waals surface area contributed by atoms with E-state index in [0.717, 1.165) is 11.3 Å². The lowest BCUT2D eigenvalue weighted by atomic mass is 9.98. The van der Waals surface area contributed by atoms with Crippen molar-refractivity contribution in [2.75, 3.05) is 5.32 Å². The van der Waals surface area contributed by atoms with Gasteiger partial charge in [-0.1, -0.05) is 35.6 Å². The van der Waals surface area contributed by atoms with Crippen molar-refractivity contribution in [1.82, 2.24) is 9.88 Å². The predicted octanol–water partition coefficient (Wildman–Crippen LogP) is 1.53. The van der Waals surface area contributed by atoms with E-state index >= 15 is 0 Å². The smallest absolute Gasteiger partial charge is 0.311 e. The maximum Gasteiger partial charge on any atom is 0.311 e. The van der Waals surface area contributed by atoms with Crippen LogP contribution >= 0.6 is 11.3 Å². The van der Waals surface area contributed by atoms with Crippen LogP contribution in [0.15, 0.2) is 20.3 Å². The third-order valence-electron chi connectivity index (χ3n) is 4.37. The Hall–Kier alpha value is -2.34. The van der Waals surface area contributed by atoms with Gasteiger partial charge in [0.2, 0.25) is 6.29 Å². The van der Waals surface area contributed by atoms with Crippen LogP contribution in [0.25, 0.3) is 0 Å². The Balaban J connectivity index is 1.84. The molecule has 0 aromatic carbocycles. The molecule has 4 N–H and O–H groups in total. The van der Waals surface area contributed by atoms with Crippen molar-refractivity contribution in [2.24, 2.45) is 27.3 Å². The number of nitrogens with one attached hydrogen (secondary N) is 2. The highest BCUT2D eigenvalue weighted by molar-refractivity contribution is 7.12. The molecule has 0 radical (unpaired) electrons. The van der Waals surface area contributed by atoms with E-state index in [1.807, 2.05) is 13.8 Å². The Morgan fingerprint density at radius 3 is 2.77 bits per heavy atom. The van der Waals surface area contributed by atoms with Gasteiger partial charge in [0.25, 0.3) is 5.91 Å². The van der Waals surface area contributed by atoms with Crippen LogP contribution in [-0.2, 0) is 4.74 Å². The highest BCUT2D eigenvalue weighted by Crippen LogP contribution is 2.36. The molecule has 0 saturated carbocycles. The van der Waals surface area contributed by atoms with Crippen molar-refractivity contribution in [3.05, 3.63) is 19.5 Å². The standard InChI is InChI=1S/C14H21N7O4S/c1-6(2)5-7(19-24)8-3-4-9(25-8)21-11-10(26-14(21)23)12(22)17-13(16-11)18-20-15/h6-9,13,16H,3-5H2,1-2H3,(H2,15,18)(H,17,22)/t7?,8-,9+,13?/m0/s1. The molecule has 4 atom stereocenters. The van der Waals surface area contributed by atoms with Gasteiger partial charge in [-0.2, -0.15) is 4.91 Å². The first kappa shape index (κ1) is 18.5. The van der Waals surface area contributed by atoms with Gasteiger partial charge in [0.1, 0.15) is 23.0 Å². The number of aromatic nitrogens is 1. The largest absolute Gasteiger partial charge is 0.352 e. The highest BCUT2D eigenvalue weighted by Gasteiger charge is 2.38. The number of hydrogen-bond donors (Lipinski definition) is 3. The first-order chi connectivity index (χ1) is 12.4. The number of anilines is 1. The molecule has 0 aliphatic carbocycles. The van der Waals surface area contributed by atoms with Crippen LogP contribution in [0.3, 0.4) is 0 Å². The SMILES string of the molecule is CC(C)CC(N=O)[C@@H]1CC[C@H](n2c3c(sc2=O)C(=O)NC(N=NN)N3)O1. The molecule has 3 rings (SSSR count). The number of nitrogens with two attached hydrogens (primary N) is 1. The molecule has 1 fully saturated rings. The van der Waals surface area contributed by atoms with Crippen LogP contribution in [0.4, 0.5) is 5.82 Å². The molecule has 1 amide bonds. The van der Waals surface area contributed by atoms with Crippen LogP contribution < -0.4 is 21.3 Å². The molecule has 2 unspecified atom stereocenters. The fourth-order valence-electron chi connectivity index (χ4n) is 3.28. The number of rotatable bonds is 6. The first-order valence-corrected chi connectivity index (χ1v) is 9.17. The van der Waals surface area contributed by atoms with Crippen molar-refractivity contribution < 1.29 is 9.53 Å². The Morgan fingerprint density at radius 2 is 2.12 bits per heavy atom. The fraction of sp³-hybridized carbons (Fsp3) is 0.714. The van der Waals surface area contributed by atoms with Crippen molar-refractivity contribution >= 4 is 23.1 Å². The second-order valence-electron chi connectivity index (χ2n) is 6.68. The topological polar surface area (TPSA) is 153 Å². The molecule has 11 nitrogen and oxygen atoms in total. The van der Waals surface area contributed by atoms with Crippen LogP contribution in [0.1, 0.15) is 49.0 Å². The van der Waals surface area contributed by atoms with Gasteiger partial charge in [0.05, 0.1) is 6.10 Å². The molecule has 0 bridgehead atoms. The maximum absolute atomic E-state index is 12.4. The Morgan fingerprint density at radius 1 is 1.35 bits per heavy atom. The molecular weight excluding hydrogens is 362 g/mol. The van der Waals surface area contributed by atoms with Crippen molar-refractivity contribution in [3.8, 4) is 0 Å². The summed E-state index contributed by atoms with van der Waals surface area (Å²) in [5, 5.41) is 15.5. The average molecular weight is 383 g/mol. The van der Waals surface area contributed by atoms with E-state index in [-0.39, 0.29) is 15.9 Å². The van der Waals surface area contributed by atoms with Gasteiger partial charge in [-0.25, -0.2) is 0 Å². The van der Waals surface area contributed by atoms with E-state index in [9.17, 15) is 14.5 Å². The Bertz CT molecular complexity index is 774. The number of amides is 1. The lowest BCUT2D eigenvalue weighted by Crippen LogP contribution is -2.44. The van der Waals surface area contributed by atoms with E-state index in [0.29, 0.717) is 31.0 Å². The molecule has 26 heavy (non-hydrogen) atoms. The maximum atomic E-state index is 12.4. The Labute approximate surface area is 152 Å². The van der Waals surface area contributed by atoms with Gasteiger partial charge in [0.15, 0.2) is 0 Å². The lowest BCUT2D eigenvalue weighted by molar-refractivity contribution is -0.0118. The van der Waals surface area contributed by atoms with Crippen molar-refractivity contribution in [1.29, 1.82) is 0 Å². The summed E-state index contributed by atoms with van der Waals surface area (Å²) in [5.41, 5.74) is 0. The summed E-state index contributed by atoms with van der Waals surface area (Å²) in [7, 11) is 0. The van der Waals surface area contributed by atoms with E-state index in [1.54, 1.807) is 0 Å². The highest BCUT2D eigenvalue weighted by atomic mass is 32.1. The summed E-state index contributed by atoms with van der Waals surface area (Å²) in [6, 6.07) is -0.458. The molecule has 142 valence electrons. The Kier molecular flexibility index (Phi) is 5.32. The van der Waals surface area contributed by atoms with Crippen LogP contribution in [0, 0.1) is 10.8 Å². The molecule has 3 heterocycles. The van der Waals surface area contributed by atoms with E-state index < -0.39 is 24.5 Å². The fourth-order valence-corrected chi connectivity index (χ4v) is 4.17. The van der Waals surface area contributed by atoms with Crippen molar-refractivity contribution in [3.63, 3.8) is 0 Å². The molecule has 1 saturated heterocycles. The van der Waals surface area contributed by atoms with Gasteiger partial charge >= 0.3 is 4.87 Å². The summed E-state index contributed by atoms with van der Waals surface area (Å²) < 4.78 is 7.36. The number of ether oxygens (including phenoxy) is 1. The number of nitrogens with zero attached hydrogens (tertiary/aromatic N) is 4. The summed E-state index contributed by atoms with van der Waals surface area (Å²) in [6.45, 7) is 4.03. The third kappa shape index (κ3) is 3.46. The number of hydrogen-bond acceptors (Lipinski definition) is 9. The summed E-state index contributed by atoms with van der Waals surface area (Å²) in [6.07, 6.45) is 0.00419. The number of carbonyl (C=O) groups excluding carboxylic acids is 1. The second kappa shape index (κ2) is 7.50. The van der Waals surface area contributed by atoms with Crippen LogP contribution in [0.2, 0.25) is 0 Å². The van der Waals surface area contributed by atoms with E-state index in [1.165, 1.54) is 4.57 Å². The van der Waals surface area contributed by atoms with Gasteiger partial charge in [-0.15, -0.1) is 5.11 Å². The van der Waals surface area contributed by atoms with Gasteiger partial charge < -0.3 is 21.2 Å². The van der Waals surface area contributed by atoms with Gasteiger partial charge in [-0.3, -0.25) is 14.2 Å². The normalized spacial score (nSPS) is 26.6. The zero-order valence-electron chi connectivity index (χ0n) is 14.4. The molecular formula is C14H21N7O4S. The van der Waals surface area contributed by atoms with Gasteiger partial charge in [-0.05, 0) is 25.2 Å².